The molecule has 0 aliphatic heterocycles. The van der Waals surface area contributed by atoms with E-state index < -0.39 is 0 Å². The molecule has 0 radical (unpaired) electrons. The van der Waals surface area contributed by atoms with Crippen molar-refractivity contribution < 1.29 is 9.18 Å². The molecular formula is C22H27ClFN3OS2. The van der Waals surface area contributed by atoms with Crippen LogP contribution in [0.4, 0.5) is 9.52 Å². The minimum absolute atomic E-state index is 0. The predicted octanol–water partition coefficient (Wildman–Crippen LogP) is 5.50. The van der Waals surface area contributed by atoms with Gasteiger partial charge in [0, 0.05) is 18.0 Å². The molecule has 0 spiro atoms. The van der Waals surface area contributed by atoms with Crippen molar-refractivity contribution in [2.45, 2.75) is 25.2 Å². The number of amides is 1. The van der Waals surface area contributed by atoms with Crippen LogP contribution >= 0.6 is 35.5 Å². The summed E-state index contributed by atoms with van der Waals surface area (Å²) < 4.78 is 14.3. The molecule has 2 aromatic carbocycles. The Balaban J connectivity index is 0.00000320. The number of thioether (sulfide) groups is 1. The summed E-state index contributed by atoms with van der Waals surface area (Å²) in [5, 5.41) is 0.723. The van der Waals surface area contributed by atoms with E-state index in [9.17, 15) is 9.18 Å². The van der Waals surface area contributed by atoms with Crippen molar-refractivity contribution >= 4 is 56.8 Å². The normalized spacial score (nSPS) is 11.0. The summed E-state index contributed by atoms with van der Waals surface area (Å²) in [6.45, 7) is 7.48. The van der Waals surface area contributed by atoms with E-state index in [1.807, 2.05) is 18.4 Å². The molecule has 0 saturated carbocycles. The summed E-state index contributed by atoms with van der Waals surface area (Å²) in [5.74, 6) is -0.316. The molecule has 0 N–H and O–H groups in total. The van der Waals surface area contributed by atoms with E-state index in [1.54, 1.807) is 40.1 Å². The first-order chi connectivity index (χ1) is 14.0. The number of benzene rings is 2. The lowest BCUT2D eigenvalue weighted by atomic mass is 10.1. The zero-order valence-corrected chi connectivity index (χ0v) is 19.9. The molecule has 0 bridgehead atoms. The molecular weight excluding hydrogens is 441 g/mol. The van der Waals surface area contributed by atoms with Crippen LogP contribution in [0, 0.1) is 5.82 Å². The first kappa shape index (κ1) is 24.6. The highest BCUT2D eigenvalue weighted by atomic mass is 35.5. The number of fused-ring (bicyclic) bond motifs is 1. The maximum absolute atomic E-state index is 13.2. The van der Waals surface area contributed by atoms with E-state index in [1.165, 1.54) is 12.1 Å². The Morgan fingerprint density at radius 1 is 1.10 bits per heavy atom. The number of hydrogen-bond donors (Lipinski definition) is 0. The fourth-order valence-electron chi connectivity index (χ4n) is 3.17. The number of nitrogens with zero attached hydrogens (tertiary/aromatic N) is 3. The van der Waals surface area contributed by atoms with Crippen molar-refractivity contribution in [2.75, 3.05) is 37.3 Å². The van der Waals surface area contributed by atoms with Gasteiger partial charge in [-0.05, 0) is 49.2 Å². The average Bonchev–Trinajstić information content (AvgIpc) is 3.16. The third-order valence-electron chi connectivity index (χ3n) is 4.93. The van der Waals surface area contributed by atoms with Gasteiger partial charge in [0.05, 0.1) is 16.6 Å². The van der Waals surface area contributed by atoms with Crippen molar-refractivity contribution in [3.05, 3.63) is 53.8 Å². The molecule has 3 rings (SSSR count). The van der Waals surface area contributed by atoms with Crippen LogP contribution in [0.5, 0.6) is 0 Å². The SMILES string of the molecule is CCN(CC)CCN(C(=O)Cc1ccc(F)cc1)c1nc2c(SC)cccc2s1.Cl. The van der Waals surface area contributed by atoms with Crippen LogP contribution < -0.4 is 4.90 Å². The number of hydrogen-bond acceptors (Lipinski definition) is 5. The number of halogens is 2. The molecule has 1 aromatic heterocycles. The third-order valence-corrected chi connectivity index (χ3v) is 6.74. The second-order valence-corrected chi connectivity index (χ2v) is 8.54. The summed E-state index contributed by atoms with van der Waals surface area (Å²) in [7, 11) is 0. The van der Waals surface area contributed by atoms with Crippen LogP contribution in [0.25, 0.3) is 10.2 Å². The number of para-hydroxylation sites is 1. The van der Waals surface area contributed by atoms with E-state index in [0.29, 0.717) is 6.54 Å². The Kier molecular flexibility index (Phi) is 9.55. The molecule has 3 aromatic rings. The highest BCUT2D eigenvalue weighted by Gasteiger charge is 2.21. The van der Waals surface area contributed by atoms with Crippen LogP contribution in [-0.2, 0) is 11.2 Å². The molecule has 8 heteroatoms. The van der Waals surface area contributed by atoms with E-state index in [4.69, 9.17) is 4.98 Å². The highest BCUT2D eigenvalue weighted by Crippen LogP contribution is 2.34. The molecule has 30 heavy (non-hydrogen) atoms. The van der Waals surface area contributed by atoms with Gasteiger partial charge in [0.15, 0.2) is 5.13 Å². The van der Waals surface area contributed by atoms with Gasteiger partial charge in [-0.25, -0.2) is 9.37 Å². The van der Waals surface area contributed by atoms with Gasteiger partial charge in [0.1, 0.15) is 5.82 Å². The van der Waals surface area contributed by atoms with Gasteiger partial charge in [-0.1, -0.05) is 43.4 Å². The van der Waals surface area contributed by atoms with Crippen molar-refractivity contribution in [3.63, 3.8) is 0 Å². The van der Waals surface area contributed by atoms with Gasteiger partial charge in [-0.15, -0.1) is 24.2 Å². The maximum atomic E-state index is 13.2. The lowest BCUT2D eigenvalue weighted by molar-refractivity contribution is -0.118. The number of rotatable bonds is 9. The first-order valence-electron chi connectivity index (χ1n) is 9.76. The molecule has 1 heterocycles. The Morgan fingerprint density at radius 3 is 2.43 bits per heavy atom. The lowest BCUT2D eigenvalue weighted by Gasteiger charge is -2.24. The number of carbonyl (C=O) groups excluding carboxylic acids is 1. The van der Waals surface area contributed by atoms with E-state index in [-0.39, 0.29) is 30.6 Å². The van der Waals surface area contributed by atoms with Crippen LogP contribution in [0.2, 0.25) is 0 Å². The monoisotopic (exact) mass is 467 g/mol. The maximum Gasteiger partial charge on any atom is 0.233 e. The summed E-state index contributed by atoms with van der Waals surface area (Å²) in [5.41, 5.74) is 1.75. The second-order valence-electron chi connectivity index (χ2n) is 6.68. The minimum Gasteiger partial charge on any atom is -0.302 e. The van der Waals surface area contributed by atoms with E-state index in [2.05, 4.69) is 24.8 Å². The van der Waals surface area contributed by atoms with Gasteiger partial charge in [-0.2, -0.15) is 0 Å². The first-order valence-corrected chi connectivity index (χ1v) is 11.8. The van der Waals surface area contributed by atoms with Gasteiger partial charge in [0.2, 0.25) is 5.91 Å². The van der Waals surface area contributed by atoms with Crippen molar-refractivity contribution in [1.29, 1.82) is 0 Å². The molecule has 162 valence electrons. The second kappa shape index (κ2) is 11.6. The Bertz CT molecular complexity index is 961. The molecule has 0 unspecified atom stereocenters. The van der Waals surface area contributed by atoms with Crippen molar-refractivity contribution in [3.8, 4) is 0 Å². The molecule has 0 fully saturated rings. The highest BCUT2D eigenvalue weighted by molar-refractivity contribution is 7.98. The zero-order chi connectivity index (χ0) is 20.8. The number of thiazole rings is 1. The van der Waals surface area contributed by atoms with Crippen LogP contribution in [0.15, 0.2) is 47.4 Å². The fourth-order valence-corrected chi connectivity index (χ4v) is 4.84. The molecule has 0 aliphatic rings. The molecule has 4 nitrogen and oxygen atoms in total. The summed E-state index contributed by atoms with van der Waals surface area (Å²) in [6.07, 6.45) is 2.26. The van der Waals surface area contributed by atoms with Crippen molar-refractivity contribution in [2.24, 2.45) is 0 Å². The van der Waals surface area contributed by atoms with Gasteiger partial charge < -0.3 is 4.90 Å². The average molecular weight is 468 g/mol. The summed E-state index contributed by atoms with van der Waals surface area (Å²) in [4.78, 5) is 23.2. The summed E-state index contributed by atoms with van der Waals surface area (Å²) >= 11 is 3.20. The smallest absolute Gasteiger partial charge is 0.233 e. The number of likely N-dealkylation sites (N-methyl/N-ethyl adjacent to an activating group) is 1. The van der Waals surface area contributed by atoms with Crippen LogP contribution in [0.1, 0.15) is 19.4 Å². The molecule has 0 aliphatic carbocycles. The third kappa shape index (κ3) is 5.94. The molecule has 0 saturated heterocycles. The van der Waals surface area contributed by atoms with E-state index >= 15 is 0 Å². The number of aromatic nitrogens is 1. The fraction of sp³-hybridized carbons (Fsp3) is 0.364. The number of anilines is 1. The van der Waals surface area contributed by atoms with Gasteiger partial charge in [-0.3, -0.25) is 9.69 Å². The predicted molar refractivity (Wildman–Crippen MR) is 129 cm³/mol. The largest absolute Gasteiger partial charge is 0.302 e. The molecule has 1 amide bonds. The van der Waals surface area contributed by atoms with Gasteiger partial charge in [0.25, 0.3) is 0 Å². The molecule has 0 atom stereocenters. The minimum atomic E-state index is -0.296. The topological polar surface area (TPSA) is 36.4 Å². The van der Waals surface area contributed by atoms with Crippen LogP contribution in [-0.4, -0.2) is 48.2 Å². The Labute approximate surface area is 191 Å². The standard InChI is InChI=1S/C22H26FN3OS2.ClH/c1-4-25(5-2)13-14-26(20(27)15-16-9-11-17(23)12-10-16)22-24-21-18(28-3)7-6-8-19(21)29-22;/h6-12H,4-5,13-15H2,1-3H3;1H. The van der Waals surface area contributed by atoms with Crippen molar-refractivity contribution in [1.82, 2.24) is 9.88 Å². The Morgan fingerprint density at radius 2 is 1.80 bits per heavy atom. The van der Waals surface area contributed by atoms with Gasteiger partial charge >= 0.3 is 0 Å². The summed E-state index contributed by atoms with van der Waals surface area (Å²) in [6, 6.07) is 12.2. The quantitative estimate of drug-likeness (QED) is 0.389. The zero-order valence-electron chi connectivity index (χ0n) is 17.4. The number of carbonyl (C=O) groups is 1. The Hall–Kier alpha value is -1.67. The lowest BCUT2D eigenvalue weighted by Crippen LogP contribution is -2.39. The van der Waals surface area contributed by atoms with Crippen LogP contribution in [0.3, 0.4) is 0 Å². The van der Waals surface area contributed by atoms with E-state index in [0.717, 1.165) is 45.4 Å².